The summed E-state index contributed by atoms with van der Waals surface area (Å²) in [6, 6.07) is 19.6. The van der Waals surface area contributed by atoms with Crippen molar-refractivity contribution in [1.82, 2.24) is 0 Å². The third-order valence-corrected chi connectivity index (χ3v) is 3.40. The fourth-order valence-corrected chi connectivity index (χ4v) is 2.37. The van der Waals surface area contributed by atoms with Gasteiger partial charge in [-0.3, -0.25) is 4.74 Å². The summed E-state index contributed by atoms with van der Waals surface area (Å²) in [7, 11) is -4.05. The van der Waals surface area contributed by atoms with Gasteiger partial charge in [-0.15, -0.1) is 3.89 Å². The third kappa shape index (κ3) is 5.73. The zero-order chi connectivity index (χ0) is 19.2. The minimum atomic E-state index is -5.42. The molecule has 0 bridgehead atoms. The van der Waals surface area contributed by atoms with Crippen molar-refractivity contribution in [3.8, 4) is 0 Å². The molecular formula is C17H16FNO6S. The molecule has 0 spiro atoms. The Balaban J connectivity index is 0.000000431. The number of rotatable bonds is 3. The summed E-state index contributed by atoms with van der Waals surface area (Å²) in [6.07, 6.45) is 0.733. The molecule has 0 aromatic heterocycles. The summed E-state index contributed by atoms with van der Waals surface area (Å²) in [5.41, 5.74) is 1.96. The van der Waals surface area contributed by atoms with Crippen LogP contribution in [0.2, 0.25) is 0 Å². The van der Waals surface area contributed by atoms with Crippen LogP contribution in [0.1, 0.15) is 11.8 Å². The highest BCUT2D eigenvalue weighted by Crippen LogP contribution is 2.30. The standard InChI is InChI=1S/C17H16NO3.FHO3S/c1-20-17(19)15-12-18(14-10-6-3-7-11-14)16(21-15)13-8-4-2-5-9-13;1-5(2,3)4/h2-12,15-16H,1H3;(H,2,3,4)/q+1;/p-1. The van der Waals surface area contributed by atoms with E-state index in [-0.39, 0.29) is 6.23 Å². The van der Waals surface area contributed by atoms with E-state index < -0.39 is 22.6 Å². The van der Waals surface area contributed by atoms with Gasteiger partial charge in [-0.1, -0.05) is 36.4 Å². The van der Waals surface area contributed by atoms with Gasteiger partial charge in [0.15, 0.2) is 6.21 Å². The van der Waals surface area contributed by atoms with Crippen molar-refractivity contribution in [3.05, 3.63) is 66.2 Å². The number of carbonyl (C=O) groups excluding carboxylic acids is 1. The van der Waals surface area contributed by atoms with E-state index in [0.717, 1.165) is 11.3 Å². The number of hydrogen-bond acceptors (Lipinski definition) is 6. The van der Waals surface area contributed by atoms with Gasteiger partial charge in [0.2, 0.25) is 11.8 Å². The van der Waals surface area contributed by atoms with E-state index in [9.17, 15) is 8.68 Å². The van der Waals surface area contributed by atoms with Crippen LogP contribution >= 0.6 is 0 Å². The van der Waals surface area contributed by atoms with E-state index in [1.54, 1.807) is 6.21 Å². The van der Waals surface area contributed by atoms with Crippen LogP contribution < -0.4 is 0 Å². The van der Waals surface area contributed by atoms with Crippen molar-refractivity contribution >= 4 is 28.4 Å². The molecule has 138 valence electrons. The number of para-hydroxylation sites is 1. The molecule has 0 saturated heterocycles. The summed E-state index contributed by atoms with van der Waals surface area (Å²) in [6.45, 7) is 0. The van der Waals surface area contributed by atoms with Gasteiger partial charge in [0.25, 0.3) is 16.7 Å². The molecule has 0 N–H and O–H groups in total. The Morgan fingerprint density at radius 2 is 1.62 bits per heavy atom. The van der Waals surface area contributed by atoms with E-state index in [4.69, 9.17) is 22.4 Å². The molecule has 2 aromatic rings. The highest BCUT2D eigenvalue weighted by atomic mass is 32.3. The summed E-state index contributed by atoms with van der Waals surface area (Å²) >= 11 is 0. The van der Waals surface area contributed by atoms with Crippen molar-refractivity contribution in [2.75, 3.05) is 7.11 Å². The SMILES string of the molecule is COC(=O)C1C=[N+](c2ccccc2)C(c2ccccc2)O1.O=S(=O)([O-])F. The second kappa shape index (κ2) is 8.65. The van der Waals surface area contributed by atoms with Gasteiger partial charge in [-0.05, 0) is 12.1 Å². The summed E-state index contributed by atoms with van der Waals surface area (Å²) in [5.74, 6) is -0.394. The summed E-state index contributed by atoms with van der Waals surface area (Å²) in [4.78, 5) is 11.8. The lowest BCUT2D eigenvalue weighted by Gasteiger charge is -2.10. The third-order valence-electron chi connectivity index (χ3n) is 3.40. The van der Waals surface area contributed by atoms with Gasteiger partial charge in [-0.2, -0.15) is 4.58 Å². The molecule has 2 atom stereocenters. The predicted octanol–water partition coefficient (Wildman–Crippen LogP) is 2.09. The maximum Gasteiger partial charge on any atom is 0.345 e. The Labute approximate surface area is 150 Å². The fourth-order valence-electron chi connectivity index (χ4n) is 2.37. The molecule has 3 rings (SSSR count). The van der Waals surface area contributed by atoms with Crippen LogP contribution in [0.3, 0.4) is 0 Å². The van der Waals surface area contributed by atoms with Gasteiger partial charge in [0.1, 0.15) is 0 Å². The number of halogens is 1. The second-order valence-electron chi connectivity index (χ2n) is 5.13. The number of methoxy groups -OCH3 is 1. The van der Waals surface area contributed by atoms with Crippen molar-refractivity contribution in [1.29, 1.82) is 0 Å². The summed E-state index contributed by atoms with van der Waals surface area (Å²) < 4.78 is 47.9. The Hall–Kier alpha value is -2.62. The van der Waals surface area contributed by atoms with Gasteiger partial charge in [0, 0.05) is 17.7 Å². The molecule has 1 aliphatic rings. The minimum absolute atomic E-state index is 0.335. The van der Waals surface area contributed by atoms with E-state index in [2.05, 4.69) is 0 Å². The lowest BCUT2D eigenvalue weighted by molar-refractivity contribution is -0.528. The monoisotopic (exact) mass is 381 g/mol. The summed E-state index contributed by atoms with van der Waals surface area (Å²) in [5, 5.41) is 0. The molecule has 0 radical (unpaired) electrons. The number of nitrogens with zero attached hydrogens (tertiary/aromatic N) is 1. The van der Waals surface area contributed by atoms with Crippen molar-refractivity contribution in [3.63, 3.8) is 0 Å². The van der Waals surface area contributed by atoms with E-state index in [1.165, 1.54) is 7.11 Å². The molecule has 9 heteroatoms. The van der Waals surface area contributed by atoms with Crippen LogP contribution in [-0.2, 0) is 24.8 Å². The molecule has 1 heterocycles. The lowest BCUT2D eigenvalue weighted by atomic mass is 10.2. The van der Waals surface area contributed by atoms with Crippen molar-refractivity contribution in [2.45, 2.75) is 12.3 Å². The molecule has 0 aliphatic carbocycles. The molecule has 2 aromatic carbocycles. The molecule has 1 aliphatic heterocycles. The zero-order valence-corrected chi connectivity index (χ0v) is 14.5. The largest absolute Gasteiger partial charge is 0.722 e. The molecule has 7 nitrogen and oxygen atoms in total. The number of esters is 1. The molecule has 2 unspecified atom stereocenters. The van der Waals surface area contributed by atoms with Gasteiger partial charge in [-0.25, -0.2) is 13.2 Å². The van der Waals surface area contributed by atoms with Crippen LogP contribution in [0.15, 0.2) is 60.7 Å². The number of carbonyl (C=O) groups is 1. The first-order valence-corrected chi connectivity index (χ1v) is 8.72. The number of hydrogen-bond donors (Lipinski definition) is 0. The molecule has 0 saturated carbocycles. The average Bonchev–Trinajstić information content (AvgIpc) is 3.06. The van der Waals surface area contributed by atoms with Crippen LogP contribution in [-0.4, -0.2) is 42.9 Å². The average molecular weight is 381 g/mol. The lowest BCUT2D eigenvalue weighted by Crippen LogP contribution is -2.23. The van der Waals surface area contributed by atoms with Crippen LogP contribution in [0.4, 0.5) is 9.57 Å². The van der Waals surface area contributed by atoms with Gasteiger partial charge in [0.05, 0.1) is 7.11 Å². The Kier molecular flexibility index (Phi) is 6.56. The second-order valence-corrected chi connectivity index (χ2v) is 5.91. The molecule has 26 heavy (non-hydrogen) atoms. The van der Waals surface area contributed by atoms with Gasteiger partial charge >= 0.3 is 5.97 Å². The van der Waals surface area contributed by atoms with Crippen molar-refractivity contribution in [2.24, 2.45) is 0 Å². The first-order chi connectivity index (χ1) is 12.3. The highest BCUT2D eigenvalue weighted by molar-refractivity contribution is 7.80. The zero-order valence-electron chi connectivity index (χ0n) is 13.7. The minimum Gasteiger partial charge on any atom is -0.722 e. The number of ether oxygens (including phenoxy) is 2. The maximum absolute atomic E-state index is 11.8. The first-order valence-electron chi connectivity index (χ1n) is 7.41. The normalized spacial score (nSPS) is 19.1. The highest BCUT2D eigenvalue weighted by Gasteiger charge is 2.40. The van der Waals surface area contributed by atoms with E-state index in [0.29, 0.717) is 0 Å². The Morgan fingerprint density at radius 1 is 1.12 bits per heavy atom. The van der Waals surface area contributed by atoms with E-state index >= 15 is 0 Å². The van der Waals surface area contributed by atoms with Gasteiger partial charge < -0.3 is 9.29 Å². The molecule has 0 fully saturated rings. The Bertz CT molecular complexity index is 863. The predicted molar refractivity (Wildman–Crippen MR) is 89.3 cm³/mol. The van der Waals surface area contributed by atoms with Crippen LogP contribution in [0, 0.1) is 0 Å². The van der Waals surface area contributed by atoms with E-state index in [1.807, 2.05) is 65.2 Å². The number of benzene rings is 2. The smallest absolute Gasteiger partial charge is 0.345 e. The molecule has 0 amide bonds. The van der Waals surface area contributed by atoms with Crippen molar-refractivity contribution < 1.29 is 35.7 Å². The fraction of sp³-hybridized carbons (Fsp3) is 0.176. The topological polar surface area (TPSA) is 95.7 Å². The van der Waals surface area contributed by atoms with Crippen LogP contribution in [0.25, 0.3) is 0 Å². The van der Waals surface area contributed by atoms with Crippen LogP contribution in [0.5, 0.6) is 0 Å². The first kappa shape index (κ1) is 19.7. The molecular weight excluding hydrogens is 365 g/mol. The quantitative estimate of drug-likeness (QED) is 0.350. The maximum atomic E-state index is 11.8. The Morgan fingerprint density at radius 3 is 2.12 bits per heavy atom.